The van der Waals surface area contributed by atoms with Gasteiger partial charge in [0.1, 0.15) is 0 Å². The zero-order valence-corrected chi connectivity index (χ0v) is 9.51. The molecular formula is C11H24N2. The Hall–Kier alpha value is -0.0800. The SMILES string of the molecule is CC(C)NCC(C)N1CCCC1C. The number of rotatable bonds is 4. The van der Waals surface area contributed by atoms with E-state index in [2.05, 4.69) is 37.9 Å². The van der Waals surface area contributed by atoms with Crippen LogP contribution in [0.3, 0.4) is 0 Å². The summed E-state index contributed by atoms with van der Waals surface area (Å²) in [5, 5.41) is 3.50. The predicted octanol–water partition coefficient (Wildman–Crippen LogP) is 1.86. The molecule has 1 aliphatic heterocycles. The van der Waals surface area contributed by atoms with Crippen LogP contribution in [0.4, 0.5) is 0 Å². The highest BCUT2D eigenvalue weighted by Gasteiger charge is 2.24. The number of nitrogens with zero attached hydrogens (tertiary/aromatic N) is 1. The first-order valence-corrected chi connectivity index (χ1v) is 5.60. The molecule has 0 bridgehead atoms. The van der Waals surface area contributed by atoms with E-state index >= 15 is 0 Å². The summed E-state index contributed by atoms with van der Waals surface area (Å²) in [5.74, 6) is 0. The molecule has 0 aromatic carbocycles. The van der Waals surface area contributed by atoms with Gasteiger partial charge in [-0.15, -0.1) is 0 Å². The third-order valence-electron chi connectivity index (χ3n) is 2.99. The van der Waals surface area contributed by atoms with E-state index in [1.807, 2.05) is 0 Å². The second-order valence-electron chi connectivity index (χ2n) is 4.64. The van der Waals surface area contributed by atoms with Crippen molar-refractivity contribution in [2.45, 2.75) is 58.7 Å². The van der Waals surface area contributed by atoms with E-state index in [-0.39, 0.29) is 0 Å². The molecule has 2 unspecified atom stereocenters. The van der Waals surface area contributed by atoms with Gasteiger partial charge in [0.25, 0.3) is 0 Å². The molecular weight excluding hydrogens is 160 g/mol. The second kappa shape index (κ2) is 4.97. The van der Waals surface area contributed by atoms with Crippen LogP contribution >= 0.6 is 0 Å². The normalized spacial score (nSPS) is 27.0. The van der Waals surface area contributed by atoms with Crippen LogP contribution in [0.1, 0.15) is 40.5 Å². The fourth-order valence-electron chi connectivity index (χ4n) is 2.13. The molecule has 1 fully saturated rings. The zero-order valence-electron chi connectivity index (χ0n) is 9.51. The maximum atomic E-state index is 3.50. The lowest BCUT2D eigenvalue weighted by atomic mass is 10.2. The van der Waals surface area contributed by atoms with Crippen molar-refractivity contribution >= 4 is 0 Å². The number of likely N-dealkylation sites (tertiary alicyclic amines) is 1. The number of hydrogen-bond acceptors (Lipinski definition) is 2. The van der Waals surface area contributed by atoms with Crippen molar-refractivity contribution in [1.82, 2.24) is 10.2 Å². The summed E-state index contributed by atoms with van der Waals surface area (Å²) < 4.78 is 0. The average Bonchev–Trinajstić information content (AvgIpc) is 2.47. The fraction of sp³-hybridized carbons (Fsp3) is 1.00. The molecule has 1 heterocycles. The van der Waals surface area contributed by atoms with Crippen LogP contribution in [0.2, 0.25) is 0 Å². The minimum absolute atomic E-state index is 0.611. The molecule has 2 atom stereocenters. The first-order chi connectivity index (χ1) is 6.11. The molecule has 0 radical (unpaired) electrons. The Bertz CT molecular complexity index is 145. The Morgan fingerprint density at radius 1 is 1.38 bits per heavy atom. The fourth-order valence-corrected chi connectivity index (χ4v) is 2.13. The molecule has 0 aromatic rings. The van der Waals surface area contributed by atoms with E-state index in [1.54, 1.807) is 0 Å². The molecule has 1 rings (SSSR count). The molecule has 0 amide bonds. The highest BCUT2D eigenvalue weighted by molar-refractivity contribution is 4.81. The zero-order chi connectivity index (χ0) is 9.84. The summed E-state index contributed by atoms with van der Waals surface area (Å²) in [7, 11) is 0. The van der Waals surface area contributed by atoms with Crippen LogP contribution in [0.15, 0.2) is 0 Å². The molecule has 78 valence electrons. The van der Waals surface area contributed by atoms with Crippen molar-refractivity contribution in [3.05, 3.63) is 0 Å². The lowest BCUT2D eigenvalue weighted by Gasteiger charge is -2.29. The lowest BCUT2D eigenvalue weighted by Crippen LogP contribution is -2.43. The average molecular weight is 184 g/mol. The molecule has 0 aliphatic carbocycles. The topological polar surface area (TPSA) is 15.3 Å². The van der Waals surface area contributed by atoms with Crippen LogP contribution in [0, 0.1) is 0 Å². The highest BCUT2D eigenvalue weighted by Crippen LogP contribution is 2.18. The Morgan fingerprint density at radius 3 is 2.54 bits per heavy atom. The van der Waals surface area contributed by atoms with Gasteiger partial charge >= 0.3 is 0 Å². The summed E-state index contributed by atoms with van der Waals surface area (Å²) in [4.78, 5) is 2.62. The third-order valence-corrected chi connectivity index (χ3v) is 2.99. The van der Waals surface area contributed by atoms with E-state index in [0.717, 1.165) is 12.6 Å². The maximum Gasteiger partial charge on any atom is 0.0195 e. The van der Waals surface area contributed by atoms with Crippen molar-refractivity contribution < 1.29 is 0 Å². The molecule has 0 spiro atoms. The molecule has 2 heteroatoms. The highest BCUT2D eigenvalue weighted by atomic mass is 15.2. The summed E-state index contributed by atoms with van der Waals surface area (Å²) in [6.07, 6.45) is 2.76. The van der Waals surface area contributed by atoms with E-state index < -0.39 is 0 Å². The molecule has 0 saturated carbocycles. The molecule has 0 aromatic heterocycles. The van der Waals surface area contributed by atoms with Crippen molar-refractivity contribution in [3.63, 3.8) is 0 Å². The van der Waals surface area contributed by atoms with Crippen LogP contribution in [0.25, 0.3) is 0 Å². The largest absolute Gasteiger partial charge is 0.313 e. The van der Waals surface area contributed by atoms with Crippen molar-refractivity contribution in [1.29, 1.82) is 0 Å². The number of hydrogen-bond donors (Lipinski definition) is 1. The maximum absolute atomic E-state index is 3.50. The Labute approximate surface area is 82.7 Å². The minimum atomic E-state index is 0.611. The van der Waals surface area contributed by atoms with Gasteiger partial charge in [0.05, 0.1) is 0 Å². The molecule has 1 N–H and O–H groups in total. The van der Waals surface area contributed by atoms with Crippen molar-refractivity contribution in [3.8, 4) is 0 Å². The third kappa shape index (κ3) is 3.28. The van der Waals surface area contributed by atoms with Crippen LogP contribution in [0.5, 0.6) is 0 Å². The van der Waals surface area contributed by atoms with Gasteiger partial charge in [0, 0.05) is 24.7 Å². The van der Waals surface area contributed by atoms with Gasteiger partial charge in [-0.05, 0) is 33.2 Å². The summed E-state index contributed by atoms with van der Waals surface area (Å²) in [5.41, 5.74) is 0. The monoisotopic (exact) mass is 184 g/mol. The summed E-state index contributed by atoms with van der Waals surface area (Å²) >= 11 is 0. The molecule has 13 heavy (non-hydrogen) atoms. The minimum Gasteiger partial charge on any atom is -0.313 e. The van der Waals surface area contributed by atoms with Crippen LogP contribution in [-0.4, -0.2) is 36.1 Å². The molecule has 2 nitrogen and oxygen atoms in total. The van der Waals surface area contributed by atoms with Crippen molar-refractivity contribution in [2.75, 3.05) is 13.1 Å². The predicted molar refractivity (Wildman–Crippen MR) is 58.0 cm³/mol. The van der Waals surface area contributed by atoms with Gasteiger partial charge in [-0.2, -0.15) is 0 Å². The molecule has 1 saturated heterocycles. The van der Waals surface area contributed by atoms with Gasteiger partial charge in [-0.3, -0.25) is 4.90 Å². The van der Waals surface area contributed by atoms with Gasteiger partial charge in [0.15, 0.2) is 0 Å². The summed E-state index contributed by atoms with van der Waals surface area (Å²) in [6, 6.07) is 2.10. The van der Waals surface area contributed by atoms with Crippen LogP contribution in [-0.2, 0) is 0 Å². The van der Waals surface area contributed by atoms with E-state index in [9.17, 15) is 0 Å². The van der Waals surface area contributed by atoms with Gasteiger partial charge < -0.3 is 5.32 Å². The Morgan fingerprint density at radius 2 is 2.08 bits per heavy atom. The van der Waals surface area contributed by atoms with E-state index in [4.69, 9.17) is 0 Å². The number of nitrogens with one attached hydrogen (secondary N) is 1. The smallest absolute Gasteiger partial charge is 0.0195 e. The quantitative estimate of drug-likeness (QED) is 0.717. The van der Waals surface area contributed by atoms with Crippen LogP contribution < -0.4 is 5.32 Å². The summed E-state index contributed by atoms with van der Waals surface area (Å²) in [6.45, 7) is 11.5. The first kappa shape index (κ1) is 11.0. The Kier molecular flexibility index (Phi) is 4.20. The van der Waals surface area contributed by atoms with E-state index in [0.29, 0.717) is 12.1 Å². The first-order valence-electron chi connectivity index (χ1n) is 5.60. The van der Waals surface area contributed by atoms with Gasteiger partial charge in [-0.25, -0.2) is 0 Å². The van der Waals surface area contributed by atoms with E-state index in [1.165, 1.54) is 19.4 Å². The van der Waals surface area contributed by atoms with Crippen molar-refractivity contribution in [2.24, 2.45) is 0 Å². The standard InChI is InChI=1S/C11H24N2/c1-9(2)12-8-11(4)13-7-5-6-10(13)3/h9-12H,5-8H2,1-4H3. The Balaban J connectivity index is 2.25. The lowest BCUT2D eigenvalue weighted by molar-refractivity contribution is 0.196. The van der Waals surface area contributed by atoms with Gasteiger partial charge in [0.2, 0.25) is 0 Å². The molecule has 1 aliphatic rings. The van der Waals surface area contributed by atoms with Gasteiger partial charge in [-0.1, -0.05) is 13.8 Å². The second-order valence-corrected chi connectivity index (χ2v) is 4.64.